The number of carbonyl (C=O) groups excluding carboxylic acids is 1. The van der Waals surface area contributed by atoms with Gasteiger partial charge in [-0.15, -0.1) is 0 Å². The SMILES string of the molecule is O=C(CC1CCN(c2cccc3ccccc23)CC1)Nc1cccc(Cl)c1. The summed E-state index contributed by atoms with van der Waals surface area (Å²) in [6.45, 7) is 1.98. The van der Waals surface area contributed by atoms with Crippen molar-refractivity contribution in [2.45, 2.75) is 19.3 Å². The molecule has 1 N–H and O–H groups in total. The first kappa shape index (κ1) is 17.9. The summed E-state index contributed by atoms with van der Waals surface area (Å²) in [5, 5.41) is 6.17. The van der Waals surface area contributed by atoms with Crippen molar-refractivity contribution in [3.05, 3.63) is 71.8 Å². The van der Waals surface area contributed by atoms with Gasteiger partial charge in [0.25, 0.3) is 0 Å². The minimum absolute atomic E-state index is 0.0703. The van der Waals surface area contributed by atoms with Crippen LogP contribution in [0.4, 0.5) is 11.4 Å². The van der Waals surface area contributed by atoms with E-state index >= 15 is 0 Å². The second kappa shape index (κ2) is 8.01. The summed E-state index contributed by atoms with van der Waals surface area (Å²) in [7, 11) is 0. The van der Waals surface area contributed by atoms with Gasteiger partial charge in [-0.05, 0) is 48.4 Å². The normalized spacial score (nSPS) is 15.1. The van der Waals surface area contributed by atoms with Crippen molar-refractivity contribution >= 4 is 39.7 Å². The van der Waals surface area contributed by atoms with Crippen LogP contribution in [0.15, 0.2) is 66.7 Å². The van der Waals surface area contributed by atoms with Crippen molar-refractivity contribution in [1.82, 2.24) is 0 Å². The Bertz CT molecular complexity index is 943. The van der Waals surface area contributed by atoms with Crippen LogP contribution in [-0.4, -0.2) is 19.0 Å². The van der Waals surface area contributed by atoms with Gasteiger partial charge in [0, 0.05) is 41.3 Å². The molecule has 4 rings (SSSR count). The maximum Gasteiger partial charge on any atom is 0.224 e. The summed E-state index contributed by atoms with van der Waals surface area (Å²) in [4.78, 5) is 14.8. The molecule has 0 bridgehead atoms. The Morgan fingerprint density at radius 3 is 2.56 bits per heavy atom. The molecule has 1 aliphatic rings. The van der Waals surface area contributed by atoms with E-state index in [1.54, 1.807) is 12.1 Å². The molecule has 1 heterocycles. The average molecular weight is 379 g/mol. The Labute approximate surface area is 164 Å². The van der Waals surface area contributed by atoms with Gasteiger partial charge in [-0.3, -0.25) is 4.79 Å². The predicted octanol–water partition coefficient (Wildman–Crippen LogP) is 5.74. The zero-order valence-electron chi connectivity index (χ0n) is 15.2. The van der Waals surface area contributed by atoms with Crippen LogP contribution in [0.25, 0.3) is 10.8 Å². The number of amides is 1. The molecule has 0 aliphatic carbocycles. The standard InChI is InChI=1S/C23H23ClN2O/c24-19-7-4-8-20(16-19)25-23(27)15-17-11-13-26(14-12-17)22-10-3-6-18-5-1-2-9-21(18)22/h1-10,16-17H,11-15H2,(H,25,27). The van der Waals surface area contributed by atoms with Crippen LogP contribution in [0.1, 0.15) is 19.3 Å². The van der Waals surface area contributed by atoms with Gasteiger partial charge in [-0.1, -0.05) is 54.1 Å². The van der Waals surface area contributed by atoms with Crippen LogP contribution in [0.5, 0.6) is 0 Å². The van der Waals surface area contributed by atoms with E-state index in [-0.39, 0.29) is 5.91 Å². The lowest BCUT2D eigenvalue weighted by Crippen LogP contribution is -2.35. The molecule has 4 heteroatoms. The molecule has 0 saturated carbocycles. The van der Waals surface area contributed by atoms with Crippen LogP contribution in [-0.2, 0) is 4.79 Å². The van der Waals surface area contributed by atoms with Gasteiger partial charge in [-0.25, -0.2) is 0 Å². The van der Waals surface area contributed by atoms with Crippen molar-refractivity contribution in [3.63, 3.8) is 0 Å². The molecule has 1 fully saturated rings. The minimum Gasteiger partial charge on any atom is -0.371 e. The molecule has 0 radical (unpaired) electrons. The average Bonchev–Trinajstić information content (AvgIpc) is 2.68. The van der Waals surface area contributed by atoms with Crippen molar-refractivity contribution < 1.29 is 4.79 Å². The fraction of sp³-hybridized carbons (Fsp3) is 0.261. The highest BCUT2D eigenvalue weighted by molar-refractivity contribution is 6.30. The zero-order chi connectivity index (χ0) is 18.6. The molecule has 0 atom stereocenters. The first-order chi connectivity index (χ1) is 13.2. The second-order valence-electron chi connectivity index (χ2n) is 7.19. The van der Waals surface area contributed by atoms with Crippen molar-refractivity contribution in [1.29, 1.82) is 0 Å². The first-order valence-corrected chi connectivity index (χ1v) is 9.85. The maximum atomic E-state index is 12.4. The lowest BCUT2D eigenvalue weighted by molar-refractivity contribution is -0.117. The van der Waals surface area contributed by atoms with Crippen molar-refractivity contribution in [2.24, 2.45) is 5.92 Å². The largest absolute Gasteiger partial charge is 0.371 e. The van der Waals surface area contributed by atoms with Crippen molar-refractivity contribution in [3.8, 4) is 0 Å². The maximum absolute atomic E-state index is 12.4. The molecule has 0 spiro atoms. The number of fused-ring (bicyclic) bond motifs is 1. The Morgan fingerprint density at radius 1 is 1.00 bits per heavy atom. The van der Waals surface area contributed by atoms with E-state index in [9.17, 15) is 4.79 Å². The van der Waals surface area contributed by atoms with Crippen LogP contribution in [0.3, 0.4) is 0 Å². The molecule has 3 aromatic rings. The smallest absolute Gasteiger partial charge is 0.224 e. The van der Waals surface area contributed by atoms with Crippen LogP contribution < -0.4 is 10.2 Å². The third-order valence-corrected chi connectivity index (χ3v) is 5.54. The number of hydrogen-bond donors (Lipinski definition) is 1. The van der Waals surface area contributed by atoms with Gasteiger partial charge in [0.2, 0.25) is 5.91 Å². The lowest BCUT2D eigenvalue weighted by Gasteiger charge is -2.34. The number of benzene rings is 3. The first-order valence-electron chi connectivity index (χ1n) is 9.47. The van der Waals surface area contributed by atoms with E-state index < -0.39 is 0 Å². The van der Waals surface area contributed by atoms with Gasteiger partial charge >= 0.3 is 0 Å². The molecular weight excluding hydrogens is 356 g/mol. The molecule has 27 heavy (non-hydrogen) atoms. The molecule has 3 nitrogen and oxygen atoms in total. The number of halogens is 1. The highest BCUT2D eigenvalue weighted by Gasteiger charge is 2.22. The second-order valence-corrected chi connectivity index (χ2v) is 7.63. The van der Waals surface area contributed by atoms with Crippen LogP contribution >= 0.6 is 11.6 Å². The number of anilines is 2. The molecule has 1 aliphatic heterocycles. The van der Waals surface area contributed by atoms with E-state index in [4.69, 9.17) is 11.6 Å². The highest BCUT2D eigenvalue weighted by atomic mass is 35.5. The summed E-state index contributed by atoms with van der Waals surface area (Å²) < 4.78 is 0. The summed E-state index contributed by atoms with van der Waals surface area (Å²) >= 11 is 5.98. The van der Waals surface area contributed by atoms with Crippen molar-refractivity contribution in [2.75, 3.05) is 23.3 Å². The fourth-order valence-electron chi connectivity index (χ4n) is 3.90. The molecule has 0 aromatic heterocycles. The number of rotatable bonds is 4. The zero-order valence-corrected chi connectivity index (χ0v) is 16.0. The summed E-state index contributed by atoms with van der Waals surface area (Å²) in [5.74, 6) is 0.497. The molecule has 138 valence electrons. The topological polar surface area (TPSA) is 32.3 Å². The number of nitrogens with one attached hydrogen (secondary N) is 1. The molecule has 1 saturated heterocycles. The Kier molecular flexibility index (Phi) is 5.30. The van der Waals surface area contributed by atoms with Crippen LogP contribution in [0, 0.1) is 5.92 Å². The van der Waals surface area contributed by atoms with Gasteiger partial charge in [0.1, 0.15) is 0 Å². The Hall–Kier alpha value is -2.52. The van der Waals surface area contributed by atoms with E-state index in [0.717, 1.165) is 31.6 Å². The molecule has 3 aromatic carbocycles. The third-order valence-electron chi connectivity index (χ3n) is 5.30. The van der Waals surface area contributed by atoms with E-state index in [1.165, 1.54) is 16.5 Å². The molecule has 0 unspecified atom stereocenters. The Morgan fingerprint density at radius 2 is 1.74 bits per heavy atom. The highest BCUT2D eigenvalue weighted by Crippen LogP contribution is 2.31. The quantitative estimate of drug-likeness (QED) is 0.628. The van der Waals surface area contributed by atoms with E-state index in [1.807, 2.05) is 12.1 Å². The molecular formula is C23H23ClN2O. The third kappa shape index (κ3) is 4.25. The predicted molar refractivity (Wildman–Crippen MR) is 114 cm³/mol. The fourth-order valence-corrected chi connectivity index (χ4v) is 4.09. The number of piperidine rings is 1. The molecule has 1 amide bonds. The number of hydrogen-bond acceptors (Lipinski definition) is 2. The Balaban J connectivity index is 1.35. The van der Waals surface area contributed by atoms with Gasteiger partial charge < -0.3 is 10.2 Å². The number of carbonyl (C=O) groups is 1. The number of nitrogens with zero attached hydrogens (tertiary/aromatic N) is 1. The summed E-state index contributed by atoms with van der Waals surface area (Å²) in [6.07, 6.45) is 2.63. The minimum atomic E-state index is 0.0703. The van der Waals surface area contributed by atoms with Crippen LogP contribution in [0.2, 0.25) is 5.02 Å². The monoisotopic (exact) mass is 378 g/mol. The van der Waals surface area contributed by atoms with Gasteiger partial charge in [0.15, 0.2) is 0 Å². The van der Waals surface area contributed by atoms with Gasteiger partial charge in [0.05, 0.1) is 0 Å². The lowest BCUT2D eigenvalue weighted by atomic mass is 9.92. The van der Waals surface area contributed by atoms with E-state index in [0.29, 0.717) is 17.4 Å². The summed E-state index contributed by atoms with van der Waals surface area (Å²) in [6, 6.07) is 22.3. The van der Waals surface area contributed by atoms with E-state index in [2.05, 4.69) is 52.7 Å². The summed E-state index contributed by atoms with van der Waals surface area (Å²) in [5.41, 5.74) is 2.07. The van der Waals surface area contributed by atoms with Gasteiger partial charge in [-0.2, -0.15) is 0 Å².